The van der Waals surface area contributed by atoms with Crippen LogP contribution in [0.3, 0.4) is 0 Å². The maximum atomic E-state index is 12.1. The Kier molecular flexibility index (Phi) is 3.98. The number of esters is 1. The largest absolute Gasteiger partial charge is 0.459 e. The van der Waals surface area contributed by atoms with Crippen molar-refractivity contribution in [2.45, 2.75) is 57.6 Å². The first-order valence-corrected chi connectivity index (χ1v) is 5.82. The van der Waals surface area contributed by atoms with Gasteiger partial charge in [0, 0.05) is 6.42 Å². The first-order chi connectivity index (χ1) is 7.40. The molecule has 1 aliphatic heterocycles. The summed E-state index contributed by atoms with van der Waals surface area (Å²) in [4.78, 5) is 12.1. The van der Waals surface area contributed by atoms with Gasteiger partial charge in [0.2, 0.25) is 0 Å². The van der Waals surface area contributed by atoms with Gasteiger partial charge in [-0.2, -0.15) is 0 Å². The van der Waals surface area contributed by atoms with Crippen LogP contribution < -0.4 is 5.32 Å². The number of nitrogens with one attached hydrogen (secondary N) is 1. The van der Waals surface area contributed by atoms with Gasteiger partial charge in [-0.15, -0.1) is 12.3 Å². The molecule has 0 aliphatic carbocycles. The molecular weight excluding hydrogens is 202 g/mol. The highest BCUT2D eigenvalue weighted by atomic mass is 16.6. The highest BCUT2D eigenvalue weighted by molar-refractivity contribution is 5.81. The van der Waals surface area contributed by atoms with Gasteiger partial charge in [0.1, 0.15) is 11.1 Å². The van der Waals surface area contributed by atoms with Crippen LogP contribution in [0.25, 0.3) is 0 Å². The molecule has 16 heavy (non-hydrogen) atoms. The third-order valence-corrected chi connectivity index (χ3v) is 2.69. The number of carbonyl (C=O) groups excluding carboxylic acids is 1. The molecule has 0 radical (unpaired) electrons. The van der Waals surface area contributed by atoms with Crippen LogP contribution in [-0.4, -0.2) is 23.7 Å². The molecule has 0 aromatic rings. The van der Waals surface area contributed by atoms with E-state index in [-0.39, 0.29) is 5.97 Å². The fourth-order valence-corrected chi connectivity index (χ4v) is 1.92. The Morgan fingerprint density at radius 1 is 1.50 bits per heavy atom. The van der Waals surface area contributed by atoms with Gasteiger partial charge in [0.25, 0.3) is 0 Å². The van der Waals surface area contributed by atoms with Crippen molar-refractivity contribution >= 4 is 5.97 Å². The van der Waals surface area contributed by atoms with Crippen molar-refractivity contribution in [3.8, 4) is 12.3 Å². The molecule has 1 heterocycles. The Morgan fingerprint density at radius 3 is 2.62 bits per heavy atom. The van der Waals surface area contributed by atoms with Crippen LogP contribution in [0.2, 0.25) is 0 Å². The smallest absolute Gasteiger partial charge is 0.327 e. The Hall–Kier alpha value is -1.01. The second-order valence-electron chi connectivity index (χ2n) is 5.35. The maximum absolute atomic E-state index is 12.1. The second-order valence-corrected chi connectivity index (χ2v) is 5.35. The molecule has 0 saturated carbocycles. The predicted molar refractivity (Wildman–Crippen MR) is 63.9 cm³/mol. The van der Waals surface area contributed by atoms with Gasteiger partial charge in [0.05, 0.1) is 0 Å². The van der Waals surface area contributed by atoms with Crippen LogP contribution in [0.15, 0.2) is 0 Å². The molecular formula is C13H21NO2. The second kappa shape index (κ2) is 4.88. The molecule has 3 heteroatoms. The van der Waals surface area contributed by atoms with Gasteiger partial charge in [-0.1, -0.05) is 0 Å². The van der Waals surface area contributed by atoms with E-state index in [9.17, 15) is 4.79 Å². The highest BCUT2D eigenvalue weighted by Gasteiger charge is 2.41. The van der Waals surface area contributed by atoms with E-state index < -0.39 is 11.1 Å². The third-order valence-electron chi connectivity index (χ3n) is 2.69. The summed E-state index contributed by atoms with van der Waals surface area (Å²) in [7, 11) is 0. The van der Waals surface area contributed by atoms with E-state index in [0.29, 0.717) is 6.42 Å². The molecule has 1 aliphatic rings. The lowest BCUT2D eigenvalue weighted by molar-refractivity contribution is -0.164. The van der Waals surface area contributed by atoms with E-state index in [0.717, 1.165) is 25.8 Å². The average molecular weight is 223 g/mol. The average Bonchev–Trinajstić information content (AvgIpc) is 2.17. The van der Waals surface area contributed by atoms with Gasteiger partial charge in [-0.25, -0.2) is 4.79 Å². The molecule has 1 fully saturated rings. The van der Waals surface area contributed by atoms with E-state index >= 15 is 0 Å². The van der Waals surface area contributed by atoms with Gasteiger partial charge >= 0.3 is 5.97 Å². The fraction of sp³-hybridized carbons (Fsp3) is 0.769. The van der Waals surface area contributed by atoms with Crippen molar-refractivity contribution in [2.75, 3.05) is 6.54 Å². The van der Waals surface area contributed by atoms with Crippen molar-refractivity contribution in [3.63, 3.8) is 0 Å². The summed E-state index contributed by atoms with van der Waals surface area (Å²) in [6, 6.07) is 0. The zero-order valence-electron chi connectivity index (χ0n) is 10.4. The number of carbonyl (C=O) groups is 1. The number of rotatable bonds is 2. The molecule has 0 bridgehead atoms. The molecule has 1 saturated heterocycles. The van der Waals surface area contributed by atoms with Crippen LogP contribution >= 0.6 is 0 Å². The Morgan fingerprint density at radius 2 is 2.19 bits per heavy atom. The SMILES string of the molecule is C#CCC1(C(=O)OC(C)(C)C)CCCCN1. The van der Waals surface area contributed by atoms with E-state index in [1.807, 2.05) is 20.8 Å². The first kappa shape index (κ1) is 13.1. The third kappa shape index (κ3) is 3.24. The maximum Gasteiger partial charge on any atom is 0.327 e. The van der Waals surface area contributed by atoms with Gasteiger partial charge in [-0.3, -0.25) is 0 Å². The van der Waals surface area contributed by atoms with Crippen molar-refractivity contribution in [1.29, 1.82) is 0 Å². The number of terminal acetylenes is 1. The lowest BCUT2D eigenvalue weighted by Gasteiger charge is -2.36. The fourth-order valence-electron chi connectivity index (χ4n) is 1.92. The molecule has 1 atom stereocenters. The van der Waals surface area contributed by atoms with Crippen LogP contribution in [0.1, 0.15) is 46.5 Å². The molecule has 0 amide bonds. The molecule has 0 aromatic heterocycles. The van der Waals surface area contributed by atoms with Crippen molar-refractivity contribution < 1.29 is 9.53 Å². The van der Waals surface area contributed by atoms with Crippen LogP contribution in [0.4, 0.5) is 0 Å². The zero-order chi connectivity index (χ0) is 12.2. The number of hydrogen-bond acceptors (Lipinski definition) is 3. The quantitative estimate of drug-likeness (QED) is 0.573. The first-order valence-electron chi connectivity index (χ1n) is 5.82. The zero-order valence-corrected chi connectivity index (χ0v) is 10.4. The topological polar surface area (TPSA) is 38.3 Å². The monoisotopic (exact) mass is 223 g/mol. The van der Waals surface area contributed by atoms with Gasteiger partial charge < -0.3 is 10.1 Å². The summed E-state index contributed by atoms with van der Waals surface area (Å²) in [5.41, 5.74) is -1.11. The van der Waals surface area contributed by atoms with Crippen LogP contribution in [0, 0.1) is 12.3 Å². The van der Waals surface area contributed by atoms with Crippen molar-refractivity contribution in [2.24, 2.45) is 0 Å². The summed E-state index contributed by atoms with van der Waals surface area (Å²) in [6.45, 7) is 6.45. The van der Waals surface area contributed by atoms with Crippen molar-refractivity contribution in [3.05, 3.63) is 0 Å². The van der Waals surface area contributed by atoms with E-state index in [2.05, 4.69) is 11.2 Å². The van der Waals surface area contributed by atoms with E-state index in [1.54, 1.807) is 0 Å². The van der Waals surface area contributed by atoms with Crippen LogP contribution in [-0.2, 0) is 9.53 Å². The van der Waals surface area contributed by atoms with Gasteiger partial charge in [0.15, 0.2) is 0 Å². The molecule has 3 nitrogen and oxygen atoms in total. The molecule has 1 rings (SSSR count). The number of hydrogen-bond donors (Lipinski definition) is 1. The molecule has 1 unspecified atom stereocenters. The minimum Gasteiger partial charge on any atom is -0.459 e. The highest BCUT2D eigenvalue weighted by Crippen LogP contribution is 2.26. The lowest BCUT2D eigenvalue weighted by Crippen LogP contribution is -2.56. The molecule has 90 valence electrons. The summed E-state index contributed by atoms with van der Waals surface area (Å²) in [5.74, 6) is 2.37. The summed E-state index contributed by atoms with van der Waals surface area (Å²) in [6.07, 6.45) is 8.64. The van der Waals surface area contributed by atoms with E-state index in [1.165, 1.54) is 0 Å². The number of ether oxygens (including phenoxy) is 1. The Balaban J connectivity index is 2.77. The Bertz CT molecular complexity index is 290. The minimum absolute atomic E-state index is 0.211. The summed E-state index contributed by atoms with van der Waals surface area (Å²) >= 11 is 0. The van der Waals surface area contributed by atoms with E-state index in [4.69, 9.17) is 11.2 Å². The van der Waals surface area contributed by atoms with Crippen LogP contribution in [0.5, 0.6) is 0 Å². The molecule has 0 spiro atoms. The Labute approximate surface area is 97.9 Å². The summed E-state index contributed by atoms with van der Waals surface area (Å²) in [5, 5.41) is 3.24. The lowest BCUT2D eigenvalue weighted by atomic mass is 9.86. The standard InChI is InChI=1S/C13H21NO2/c1-5-8-13(9-6-7-10-14-13)11(15)16-12(2,3)4/h1,14H,6-10H2,2-4H3. The normalized spacial score (nSPS) is 25.9. The molecule has 1 N–H and O–H groups in total. The predicted octanol–water partition coefficient (Wildman–Crippen LogP) is 1.86. The number of piperidine rings is 1. The summed E-state index contributed by atoms with van der Waals surface area (Å²) < 4.78 is 5.44. The molecule has 0 aromatic carbocycles. The van der Waals surface area contributed by atoms with Gasteiger partial charge in [-0.05, 0) is 46.6 Å². The van der Waals surface area contributed by atoms with Crippen molar-refractivity contribution in [1.82, 2.24) is 5.32 Å². The minimum atomic E-state index is -0.652.